The Balaban J connectivity index is 1.96. The second kappa shape index (κ2) is 4.83. The van der Waals surface area contributed by atoms with Gasteiger partial charge < -0.3 is 9.32 Å². The Morgan fingerprint density at radius 2 is 2.06 bits per heavy atom. The molecule has 0 radical (unpaired) electrons. The predicted octanol–water partition coefficient (Wildman–Crippen LogP) is 1.34. The maximum atomic E-state index is 12.1. The van der Waals surface area contributed by atoms with Crippen LogP contribution < -0.4 is 0 Å². The fraction of sp³-hybridized carbons (Fsp3) is 0.538. The Bertz CT molecular complexity index is 451. The van der Waals surface area contributed by atoms with Crippen LogP contribution >= 0.6 is 0 Å². The number of rotatable bonds is 2. The third-order valence-corrected chi connectivity index (χ3v) is 3.40. The Morgan fingerprint density at radius 1 is 1.39 bits per heavy atom. The summed E-state index contributed by atoms with van der Waals surface area (Å²) in [7, 11) is 0. The Kier molecular flexibility index (Phi) is 3.39. The standard InChI is InChI=1S/C13H17N3O2/c1-13(2,10-14)16-6-4-15(5-7-16)12(17)11-3-8-18-9-11/h3,8-9H,4-7H2,1-2H3. The lowest BCUT2D eigenvalue weighted by Crippen LogP contribution is -2.55. The van der Waals surface area contributed by atoms with Crippen LogP contribution in [-0.2, 0) is 0 Å². The van der Waals surface area contributed by atoms with E-state index in [1.54, 1.807) is 11.0 Å². The third kappa shape index (κ3) is 2.39. The van der Waals surface area contributed by atoms with Gasteiger partial charge in [0.1, 0.15) is 11.8 Å². The molecule has 2 rings (SSSR count). The fourth-order valence-corrected chi connectivity index (χ4v) is 2.11. The van der Waals surface area contributed by atoms with E-state index in [1.165, 1.54) is 12.5 Å². The molecule has 1 saturated heterocycles. The topological polar surface area (TPSA) is 60.5 Å². The molecule has 96 valence electrons. The summed E-state index contributed by atoms with van der Waals surface area (Å²) in [5.41, 5.74) is 0.119. The number of nitrogens with zero attached hydrogens (tertiary/aromatic N) is 3. The van der Waals surface area contributed by atoms with E-state index in [0.717, 1.165) is 13.1 Å². The van der Waals surface area contributed by atoms with Crippen molar-refractivity contribution >= 4 is 5.91 Å². The van der Waals surface area contributed by atoms with Gasteiger partial charge in [0, 0.05) is 26.2 Å². The van der Waals surface area contributed by atoms with Gasteiger partial charge in [0.05, 0.1) is 17.9 Å². The summed E-state index contributed by atoms with van der Waals surface area (Å²) in [5.74, 6) is -0.00170. The first kappa shape index (κ1) is 12.7. The van der Waals surface area contributed by atoms with Gasteiger partial charge in [-0.15, -0.1) is 0 Å². The minimum atomic E-state index is -0.467. The summed E-state index contributed by atoms with van der Waals surface area (Å²) in [6.45, 7) is 6.56. The molecule has 1 amide bonds. The number of furan rings is 1. The highest BCUT2D eigenvalue weighted by Crippen LogP contribution is 2.17. The first-order valence-electron chi connectivity index (χ1n) is 6.02. The lowest BCUT2D eigenvalue weighted by Gasteiger charge is -2.40. The van der Waals surface area contributed by atoms with Crippen LogP contribution in [0.3, 0.4) is 0 Å². The lowest BCUT2D eigenvalue weighted by molar-refractivity contribution is 0.0520. The van der Waals surface area contributed by atoms with Gasteiger partial charge in [-0.25, -0.2) is 0 Å². The number of carbonyl (C=O) groups excluding carboxylic acids is 1. The normalized spacial score (nSPS) is 17.5. The van der Waals surface area contributed by atoms with Gasteiger partial charge in [-0.3, -0.25) is 9.69 Å². The molecule has 18 heavy (non-hydrogen) atoms. The van der Waals surface area contributed by atoms with Crippen molar-refractivity contribution in [3.8, 4) is 6.07 Å². The Labute approximate surface area is 107 Å². The minimum Gasteiger partial charge on any atom is -0.472 e. The summed E-state index contributed by atoms with van der Waals surface area (Å²) >= 11 is 0. The van der Waals surface area contributed by atoms with Crippen molar-refractivity contribution in [2.45, 2.75) is 19.4 Å². The number of hydrogen-bond donors (Lipinski definition) is 0. The van der Waals surface area contributed by atoms with E-state index in [-0.39, 0.29) is 5.91 Å². The molecule has 0 aromatic carbocycles. The number of carbonyl (C=O) groups is 1. The maximum Gasteiger partial charge on any atom is 0.257 e. The summed E-state index contributed by atoms with van der Waals surface area (Å²) in [5, 5.41) is 9.09. The quantitative estimate of drug-likeness (QED) is 0.791. The molecular formula is C13H17N3O2. The van der Waals surface area contributed by atoms with Crippen molar-refractivity contribution in [1.29, 1.82) is 5.26 Å². The SMILES string of the molecule is CC(C)(C#N)N1CCN(C(=O)c2ccoc2)CC1. The first-order valence-corrected chi connectivity index (χ1v) is 6.02. The zero-order valence-electron chi connectivity index (χ0n) is 10.7. The molecule has 0 bridgehead atoms. The van der Waals surface area contributed by atoms with E-state index in [1.807, 2.05) is 13.8 Å². The molecule has 1 aliphatic heterocycles. The Hall–Kier alpha value is -1.80. The highest BCUT2D eigenvalue weighted by atomic mass is 16.3. The molecular weight excluding hydrogens is 230 g/mol. The van der Waals surface area contributed by atoms with Crippen LogP contribution in [0.4, 0.5) is 0 Å². The summed E-state index contributed by atoms with van der Waals surface area (Å²) in [4.78, 5) is 16.0. The minimum absolute atomic E-state index is 0.00170. The van der Waals surface area contributed by atoms with Crippen molar-refractivity contribution in [3.05, 3.63) is 24.2 Å². The van der Waals surface area contributed by atoms with Gasteiger partial charge in [-0.2, -0.15) is 5.26 Å². The van der Waals surface area contributed by atoms with Crippen molar-refractivity contribution < 1.29 is 9.21 Å². The molecule has 0 spiro atoms. The predicted molar refractivity (Wildman–Crippen MR) is 65.9 cm³/mol. The van der Waals surface area contributed by atoms with E-state index in [2.05, 4.69) is 11.0 Å². The highest BCUT2D eigenvalue weighted by Gasteiger charge is 2.31. The molecule has 5 heteroatoms. The Morgan fingerprint density at radius 3 is 2.56 bits per heavy atom. The number of nitriles is 1. The second-order valence-electron chi connectivity index (χ2n) is 4.96. The molecule has 1 fully saturated rings. The summed E-state index contributed by atoms with van der Waals surface area (Å²) < 4.78 is 4.92. The molecule has 1 aromatic rings. The number of piperazine rings is 1. The van der Waals surface area contributed by atoms with Gasteiger partial charge in [0.2, 0.25) is 0 Å². The largest absolute Gasteiger partial charge is 0.472 e. The smallest absolute Gasteiger partial charge is 0.257 e. The summed E-state index contributed by atoms with van der Waals surface area (Å²) in [6.07, 6.45) is 2.97. The van der Waals surface area contributed by atoms with Crippen LogP contribution in [-0.4, -0.2) is 47.4 Å². The van der Waals surface area contributed by atoms with Crippen LogP contribution in [0.5, 0.6) is 0 Å². The van der Waals surface area contributed by atoms with E-state index < -0.39 is 5.54 Å². The summed E-state index contributed by atoms with van der Waals surface area (Å²) in [6, 6.07) is 3.96. The van der Waals surface area contributed by atoms with Crippen molar-refractivity contribution in [2.24, 2.45) is 0 Å². The monoisotopic (exact) mass is 247 g/mol. The molecule has 1 aliphatic rings. The zero-order valence-corrected chi connectivity index (χ0v) is 10.7. The van der Waals surface area contributed by atoms with Crippen LogP contribution in [0.2, 0.25) is 0 Å². The van der Waals surface area contributed by atoms with Gasteiger partial charge >= 0.3 is 0 Å². The van der Waals surface area contributed by atoms with Gasteiger partial charge in [0.25, 0.3) is 5.91 Å². The van der Waals surface area contributed by atoms with E-state index in [9.17, 15) is 4.79 Å². The number of amides is 1. The first-order chi connectivity index (χ1) is 8.54. The van der Waals surface area contributed by atoms with Crippen molar-refractivity contribution in [3.63, 3.8) is 0 Å². The van der Waals surface area contributed by atoms with Crippen LogP contribution in [0.1, 0.15) is 24.2 Å². The van der Waals surface area contributed by atoms with Crippen LogP contribution in [0.15, 0.2) is 23.0 Å². The fourth-order valence-electron chi connectivity index (χ4n) is 2.11. The van der Waals surface area contributed by atoms with E-state index in [4.69, 9.17) is 9.68 Å². The van der Waals surface area contributed by atoms with Gasteiger partial charge in [-0.1, -0.05) is 0 Å². The zero-order chi connectivity index (χ0) is 13.2. The molecule has 0 aliphatic carbocycles. The second-order valence-corrected chi connectivity index (χ2v) is 4.96. The maximum absolute atomic E-state index is 12.1. The van der Waals surface area contributed by atoms with Crippen LogP contribution in [0, 0.1) is 11.3 Å². The lowest BCUT2D eigenvalue weighted by atomic mass is 10.0. The molecule has 2 heterocycles. The molecule has 0 atom stereocenters. The third-order valence-electron chi connectivity index (χ3n) is 3.40. The molecule has 0 saturated carbocycles. The highest BCUT2D eigenvalue weighted by molar-refractivity contribution is 5.93. The van der Waals surface area contributed by atoms with Gasteiger partial charge in [-0.05, 0) is 19.9 Å². The van der Waals surface area contributed by atoms with E-state index >= 15 is 0 Å². The molecule has 5 nitrogen and oxygen atoms in total. The molecule has 0 unspecified atom stereocenters. The van der Waals surface area contributed by atoms with Crippen molar-refractivity contribution in [1.82, 2.24) is 9.80 Å². The van der Waals surface area contributed by atoms with E-state index in [0.29, 0.717) is 18.7 Å². The molecule has 0 N–H and O–H groups in total. The average Bonchev–Trinajstić information content (AvgIpc) is 2.92. The van der Waals surface area contributed by atoms with Gasteiger partial charge in [0.15, 0.2) is 0 Å². The molecule has 1 aromatic heterocycles. The van der Waals surface area contributed by atoms with Crippen molar-refractivity contribution in [2.75, 3.05) is 26.2 Å². The van der Waals surface area contributed by atoms with Crippen LogP contribution in [0.25, 0.3) is 0 Å². The average molecular weight is 247 g/mol. The number of hydrogen-bond acceptors (Lipinski definition) is 4.